The average molecular weight is 322 g/mol. The Bertz CT molecular complexity index is 828. The molecule has 0 bridgehead atoms. The van der Waals surface area contributed by atoms with Gasteiger partial charge in [0.25, 0.3) is 0 Å². The first-order valence-electron chi connectivity index (χ1n) is 8.13. The second-order valence-electron chi connectivity index (χ2n) is 5.74. The Morgan fingerprint density at radius 3 is 2.79 bits per heavy atom. The van der Waals surface area contributed by atoms with E-state index < -0.39 is 0 Å². The zero-order valence-corrected chi connectivity index (χ0v) is 13.9. The molecule has 5 heteroatoms. The molecule has 3 rings (SSSR count). The van der Waals surface area contributed by atoms with Gasteiger partial charge >= 0.3 is 0 Å². The van der Waals surface area contributed by atoms with Gasteiger partial charge in [0.1, 0.15) is 17.7 Å². The van der Waals surface area contributed by atoms with Crippen LogP contribution in [0.15, 0.2) is 35.5 Å². The molecule has 1 aromatic carbocycles. The number of rotatable bonds is 4. The molecule has 1 saturated heterocycles. The Morgan fingerprint density at radius 1 is 1.33 bits per heavy atom. The van der Waals surface area contributed by atoms with Gasteiger partial charge in [0.05, 0.1) is 24.4 Å². The van der Waals surface area contributed by atoms with Crippen LogP contribution in [0.25, 0.3) is 11.1 Å². The van der Waals surface area contributed by atoms with Gasteiger partial charge in [0.15, 0.2) is 0 Å². The van der Waals surface area contributed by atoms with E-state index in [0.717, 1.165) is 12.3 Å². The number of aryl methyl sites for hydroxylation is 1. The van der Waals surface area contributed by atoms with Crippen molar-refractivity contribution in [2.24, 2.45) is 4.99 Å². The Kier molecular flexibility index (Phi) is 4.57. The van der Waals surface area contributed by atoms with Crippen molar-refractivity contribution in [3.05, 3.63) is 47.4 Å². The van der Waals surface area contributed by atoms with Gasteiger partial charge in [0, 0.05) is 23.9 Å². The lowest BCUT2D eigenvalue weighted by Gasteiger charge is -2.34. The first-order chi connectivity index (χ1) is 11.7. The van der Waals surface area contributed by atoms with Crippen molar-refractivity contribution in [1.82, 2.24) is 4.98 Å². The number of hydrogen-bond acceptors (Lipinski definition) is 4. The van der Waals surface area contributed by atoms with Crippen molar-refractivity contribution in [3.63, 3.8) is 0 Å². The number of aromatic nitrogens is 1. The topological polar surface area (TPSA) is 52.3 Å². The van der Waals surface area contributed by atoms with E-state index in [0.29, 0.717) is 47.6 Å². The SMILES string of the molecule is CCN=C1CN(c2ncc(-c3cccc(CC)c3F)cc2C#N)C1. The van der Waals surface area contributed by atoms with Gasteiger partial charge < -0.3 is 4.90 Å². The van der Waals surface area contributed by atoms with Gasteiger partial charge in [-0.05, 0) is 25.0 Å². The quantitative estimate of drug-likeness (QED) is 0.864. The van der Waals surface area contributed by atoms with Crippen molar-refractivity contribution in [2.45, 2.75) is 20.3 Å². The largest absolute Gasteiger partial charge is 0.344 e. The monoisotopic (exact) mass is 322 g/mol. The molecule has 1 fully saturated rings. The number of halogens is 1. The highest BCUT2D eigenvalue weighted by molar-refractivity contribution is 6.00. The summed E-state index contributed by atoms with van der Waals surface area (Å²) < 4.78 is 14.5. The molecule has 0 aliphatic carbocycles. The van der Waals surface area contributed by atoms with Crippen molar-refractivity contribution >= 4 is 11.5 Å². The summed E-state index contributed by atoms with van der Waals surface area (Å²) in [6.45, 7) is 6.10. The maximum absolute atomic E-state index is 14.5. The zero-order valence-electron chi connectivity index (χ0n) is 13.9. The van der Waals surface area contributed by atoms with E-state index >= 15 is 0 Å². The van der Waals surface area contributed by atoms with E-state index in [-0.39, 0.29) is 5.82 Å². The molecule has 2 heterocycles. The molecule has 0 N–H and O–H groups in total. The summed E-state index contributed by atoms with van der Waals surface area (Å²) in [5.74, 6) is 0.406. The highest BCUT2D eigenvalue weighted by Crippen LogP contribution is 2.29. The molecule has 24 heavy (non-hydrogen) atoms. The Balaban J connectivity index is 1.94. The zero-order chi connectivity index (χ0) is 17.1. The minimum atomic E-state index is -0.236. The van der Waals surface area contributed by atoms with Crippen LogP contribution in [0.5, 0.6) is 0 Å². The third-order valence-electron chi connectivity index (χ3n) is 4.19. The summed E-state index contributed by atoms with van der Waals surface area (Å²) in [7, 11) is 0. The van der Waals surface area contributed by atoms with E-state index in [2.05, 4.69) is 16.0 Å². The van der Waals surface area contributed by atoms with Crippen molar-refractivity contribution in [3.8, 4) is 17.2 Å². The maximum Gasteiger partial charge on any atom is 0.147 e. The number of anilines is 1. The number of aliphatic imine (C=N–C) groups is 1. The van der Waals surface area contributed by atoms with Crippen LogP contribution in [-0.2, 0) is 6.42 Å². The smallest absolute Gasteiger partial charge is 0.147 e. The minimum absolute atomic E-state index is 0.236. The normalized spacial score (nSPS) is 13.4. The molecular weight excluding hydrogens is 303 g/mol. The van der Waals surface area contributed by atoms with Crippen LogP contribution in [0, 0.1) is 17.1 Å². The fourth-order valence-electron chi connectivity index (χ4n) is 2.88. The molecule has 0 unspecified atom stereocenters. The summed E-state index contributed by atoms with van der Waals surface area (Å²) >= 11 is 0. The molecule has 0 atom stereocenters. The van der Waals surface area contributed by atoms with Crippen LogP contribution >= 0.6 is 0 Å². The number of pyridine rings is 1. The Morgan fingerprint density at radius 2 is 2.12 bits per heavy atom. The molecule has 0 radical (unpaired) electrons. The van der Waals surface area contributed by atoms with E-state index in [9.17, 15) is 9.65 Å². The third-order valence-corrected chi connectivity index (χ3v) is 4.19. The van der Waals surface area contributed by atoms with E-state index in [1.165, 1.54) is 0 Å². The maximum atomic E-state index is 14.5. The van der Waals surface area contributed by atoms with Crippen LogP contribution in [-0.4, -0.2) is 30.3 Å². The standard InChI is InChI=1S/C19H19FN4/c1-3-13-6-5-7-17(18(13)20)15-8-14(9-21)19(23-10-15)24-11-16(12-24)22-4-2/h5-8,10H,3-4,11-12H2,1-2H3. The summed E-state index contributed by atoms with van der Waals surface area (Å²) in [5, 5.41) is 9.46. The summed E-state index contributed by atoms with van der Waals surface area (Å²) in [4.78, 5) is 10.8. The number of nitrogens with zero attached hydrogens (tertiary/aromatic N) is 4. The molecule has 0 amide bonds. The van der Waals surface area contributed by atoms with Gasteiger partial charge in [-0.1, -0.05) is 25.1 Å². The molecule has 1 aliphatic rings. The van der Waals surface area contributed by atoms with Gasteiger partial charge in [-0.15, -0.1) is 0 Å². The molecule has 1 aliphatic heterocycles. The summed E-state index contributed by atoms with van der Waals surface area (Å²) in [6, 6.07) is 9.24. The fraction of sp³-hybridized carbons (Fsp3) is 0.316. The Hall–Kier alpha value is -2.74. The molecule has 2 aromatic rings. The van der Waals surface area contributed by atoms with Crippen molar-refractivity contribution in [2.75, 3.05) is 24.5 Å². The molecular formula is C19H19FN4. The van der Waals surface area contributed by atoms with Crippen molar-refractivity contribution in [1.29, 1.82) is 5.26 Å². The van der Waals surface area contributed by atoms with Gasteiger partial charge in [0.2, 0.25) is 0 Å². The predicted octanol–water partition coefficient (Wildman–Crippen LogP) is 3.60. The summed E-state index contributed by atoms with van der Waals surface area (Å²) in [6.07, 6.45) is 2.27. The third kappa shape index (κ3) is 2.88. The fourth-order valence-corrected chi connectivity index (χ4v) is 2.88. The molecule has 4 nitrogen and oxygen atoms in total. The van der Waals surface area contributed by atoms with Crippen molar-refractivity contribution < 1.29 is 4.39 Å². The lowest BCUT2D eigenvalue weighted by atomic mass is 10.0. The minimum Gasteiger partial charge on any atom is -0.344 e. The van der Waals surface area contributed by atoms with Crippen LogP contribution in [0.4, 0.5) is 10.2 Å². The van der Waals surface area contributed by atoms with E-state index in [4.69, 9.17) is 0 Å². The van der Waals surface area contributed by atoms with Crippen LogP contribution in [0.3, 0.4) is 0 Å². The molecule has 0 spiro atoms. The van der Waals surface area contributed by atoms with Crippen LogP contribution in [0.1, 0.15) is 25.0 Å². The first kappa shape index (κ1) is 16.1. The lowest BCUT2D eigenvalue weighted by Crippen LogP contribution is -2.48. The number of nitriles is 1. The van der Waals surface area contributed by atoms with E-state index in [1.807, 2.05) is 24.8 Å². The van der Waals surface area contributed by atoms with Gasteiger partial charge in [-0.3, -0.25) is 4.99 Å². The second-order valence-corrected chi connectivity index (χ2v) is 5.74. The molecule has 0 saturated carbocycles. The predicted molar refractivity (Wildman–Crippen MR) is 93.9 cm³/mol. The molecule has 1 aromatic heterocycles. The Labute approximate surface area is 141 Å². The first-order valence-corrected chi connectivity index (χ1v) is 8.13. The summed E-state index contributed by atoms with van der Waals surface area (Å²) in [5.41, 5.74) is 3.37. The van der Waals surface area contributed by atoms with E-state index in [1.54, 1.807) is 24.4 Å². The van der Waals surface area contributed by atoms with Crippen LogP contribution < -0.4 is 4.90 Å². The molecule has 122 valence electrons. The van der Waals surface area contributed by atoms with Gasteiger partial charge in [-0.25, -0.2) is 9.37 Å². The lowest BCUT2D eigenvalue weighted by molar-refractivity contribution is 0.615. The van der Waals surface area contributed by atoms with Crippen LogP contribution in [0.2, 0.25) is 0 Å². The number of hydrogen-bond donors (Lipinski definition) is 0. The number of benzene rings is 1. The highest BCUT2D eigenvalue weighted by atomic mass is 19.1. The van der Waals surface area contributed by atoms with Gasteiger partial charge in [-0.2, -0.15) is 5.26 Å². The highest BCUT2D eigenvalue weighted by Gasteiger charge is 2.25. The average Bonchev–Trinajstić information content (AvgIpc) is 2.57. The second kappa shape index (κ2) is 6.79.